The van der Waals surface area contributed by atoms with Gasteiger partial charge >= 0.3 is 6.18 Å². The summed E-state index contributed by atoms with van der Waals surface area (Å²) in [6.07, 6.45) is -3.01. The Balaban J connectivity index is 2.28. The summed E-state index contributed by atoms with van der Waals surface area (Å²) in [5, 5.41) is 0. The molecule has 0 saturated carbocycles. The van der Waals surface area contributed by atoms with Crippen LogP contribution in [0, 0.1) is 0 Å². The maximum Gasteiger partial charge on any atom is 0.416 e. The number of halogens is 5. The Morgan fingerprint density at radius 2 is 1.86 bits per heavy atom. The lowest BCUT2D eigenvalue weighted by Gasteiger charge is -2.10. The first-order valence-electron chi connectivity index (χ1n) is 5.78. The Kier molecular flexibility index (Phi) is 4.83. The molecule has 2 nitrogen and oxygen atoms in total. The topological polar surface area (TPSA) is 30.0 Å². The highest BCUT2D eigenvalue weighted by Gasteiger charge is 2.31. The van der Waals surface area contributed by atoms with E-state index in [4.69, 9.17) is 0 Å². The zero-order chi connectivity index (χ0) is 15.6. The minimum absolute atomic E-state index is 0.00505. The molecule has 21 heavy (non-hydrogen) atoms. The third-order valence-corrected chi connectivity index (χ3v) is 3.88. The summed E-state index contributed by atoms with van der Waals surface area (Å²) in [6, 6.07) is 6.37. The summed E-state index contributed by atoms with van der Waals surface area (Å²) < 4.78 is 39.2. The molecule has 0 fully saturated rings. The Morgan fingerprint density at radius 1 is 1.14 bits per heavy atom. The molecule has 1 heterocycles. The van der Waals surface area contributed by atoms with Crippen molar-refractivity contribution in [1.82, 2.24) is 4.98 Å². The summed E-state index contributed by atoms with van der Waals surface area (Å²) in [7, 11) is 0. The quantitative estimate of drug-likeness (QED) is 0.647. The van der Waals surface area contributed by atoms with E-state index in [1.807, 2.05) is 0 Å². The van der Waals surface area contributed by atoms with Crippen LogP contribution in [0.15, 0.2) is 45.5 Å². The molecule has 0 unspecified atom stereocenters. The van der Waals surface area contributed by atoms with E-state index < -0.39 is 17.5 Å². The predicted octanol–water partition coefficient (Wildman–Crippen LogP) is 5.05. The number of hydrogen-bond acceptors (Lipinski definition) is 2. The van der Waals surface area contributed by atoms with Gasteiger partial charge in [0, 0.05) is 26.4 Å². The van der Waals surface area contributed by atoms with Gasteiger partial charge in [0.1, 0.15) is 0 Å². The highest BCUT2D eigenvalue weighted by Crippen LogP contribution is 2.32. The number of rotatable bonds is 3. The molecule has 0 spiro atoms. The largest absolute Gasteiger partial charge is 0.416 e. The molecule has 110 valence electrons. The smallest absolute Gasteiger partial charge is 0.294 e. The molecule has 0 aliphatic heterocycles. The monoisotopic (exact) mass is 421 g/mol. The molecule has 0 aliphatic carbocycles. The van der Waals surface area contributed by atoms with Crippen LogP contribution >= 0.6 is 31.9 Å². The van der Waals surface area contributed by atoms with E-state index in [-0.39, 0.29) is 12.0 Å². The van der Waals surface area contributed by atoms with Crippen LogP contribution in [-0.4, -0.2) is 10.8 Å². The number of hydrogen-bond donors (Lipinski definition) is 0. The lowest BCUT2D eigenvalue weighted by Crippen LogP contribution is -2.10. The number of nitrogens with zero attached hydrogens (tertiary/aromatic N) is 1. The van der Waals surface area contributed by atoms with E-state index in [0.717, 1.165) is 16.6 Å². The van der Waals surface area contributed by atoms with Crippen LogP contribution in [0.3, 0.4) is 0 Å². The maximum atomic E-state index is 12.7. The molecule has 0 N–H and O–H groups in total. The highest BCUT2D eigenvalue weighted by molar-refractivity contribution is 9.10. The van der Waals surface area contributed by atoms with Gasteiger partial charge in [0.15, 0.2) is 5.78 Å². The molecule has 0 aliphatic rings. The van der Waals surface area contributed by atoms with Crippen LogP contribution in [0.25, 0.3) is 0 Å². The van der Waals surface area contributed by atoms with Crippen LogP contribution in [0.4, 0.5) is 13.2 Å². The minimum atomic E-state index is -4.48. The number of benzene rings is 1. The lowest BCUT2D eigenvalue weighted by molar-refractivity contribution is -0.137. The summed E-state index contributed by atoms with van der Waals surface area (Å²) in [5.41, 5.74) is -0.361. The van der Waals surface area contributed by atoms with E-state index in [2.05, 4.69) is 36.8 Å². The number of carbonyl (C=O) groups is 1. The number of pyridine rings is 1. The van der Waals surface area contributed by atoms with Crippen LogP contribution in [0.1, 0.15) is 21.6 Å². The fourth-order valence-corrected chi connectivity index (χ4v) is 2.39. The molecule has 0 radical (unpaired) electrons. The third kappa shape index (κ3) is 4.14. The Labute approximate surface area is 135 Å². The van der Waals surface area contributed by atoms with Crippen LogP contribution < -0.4 is 0 Å². The first-order valence-corrected chi connectivity index (χ1v) is 7.36. The average Bonchev–Trinajstić information content (AvgIpc) is 2.40. The molecule has 2 rings (SSSR count). The van der Waals surface area contributed by atoms with Crippen molar-refractivity contribution in [3.05, 3.63) is 62.3 Å². The third-order valence-electron chi connectivity index (χ3n) is 2.72. The Hall–Kier alpha value is -1.21. The first kappa shape index (κ1) is 16.2. The van der Waals surface area contributed by atoms with Crippen molar-refractivity contribution in [2.45, 2.75) is 12.6 Å². The molecular weight excluding hydrogens is 415 g/mol. The fourth-order valence-electron chi connectivity index (χ4n) is 1.69. The number of Topliss-reactive ketones (excluding diaryl/α,β-unsaturated/α-hetero) is 1. The van der Waals surface area contributed by atoms with Gasteiger partial charge in [0.05, 0.1) is 12.0 Å². The Bertz CT molecular complexity index is 669. The average molecular weight is 423 g/mol. The second-order valence-electron chi connectivity index (χ2n) is 4.26. The van der Waals surface area contributed by atoms with Gasteiger partial charge in [0.25, 0.3) is 0 Å². The predicted molar refractivity (Wildman–Crippen MR) is 79.1 cm³/mol. The van der Waals surface area contributed by atoms with Crippen molar-refractivity contribution in [2.75, 3.05) is 0 Å². The van der Waals surface area contributed by atoms with Gasteiger partial charge in [-0.2, -0.15) is 13.2 Å². The van der Waals surface area contributed by atoms with E-state index >= 15 is 0 Å². The number of carbonyl (C=O) groups excluding carboxylic acids is 1. The standard InChI is InChI=1S/C14H8Br2F3NO/c15-9-2-3-10(20-7-9)6-13(21)11-5-8(14(17,18)19)1-4-12(11)16/h1-5,7H,6H2. The van der Waals surface area contributed by atoms with Crippen LogP contribution in [0.2, 0.25) is 0 Å². The van der Waals surface area contributed by atoms with Gasteiger partial charge in [-0.25, -0.2) is 0 Å². The first-order chi connectivity index (χ1) is 9.77. The van der Waals surface area contributed by atoms with Gasteiger partial charge in [-0.3, -0.25) is 9.78 Å². The van der Waals surface area contributed by atoms with Crippen molar-refractivity contribution in [3.8, 4) is 0 Å². The van der Waals surface area contributed by atoms with Crippen molar-refractivity contribution >= 4 is 37.6 Å². The molecule has 1 aromatic heterocycles. The zero-order valence-electron chi connectivity index (χ0n) is 10.4. The van der Waals surface area contributed by atoms with Gasteiger partial charge in [-0.05, 0) is 46.3 Å². The number of alkyl halides is 3. The van der Waals surface area contributed by atoms with Gasteiger partial charge < -0.3 is 0 Å². The fraction of sp³-hybridized carbons (Fsp3) is 0.143. The van der Waals surface area contributed by atoms with Crippen LogP contribution in [0.5, 0.6) is 0 Å². The van der Waals surface area contributed by atoms with Gasteiger partial charge in [0.2, 0.25) is 0 Å². The molecule has 0 saturated heterocycles. The zero-order valence-corrected chi connectivity index (χ0v) is 13.6. The molecule has 7 heteroatoms. The van der Waals surface area contributed by atoms with E-state index in [9.17, 15) is 18.0 Å². The summed E-state index contributed by atoms with van der Waals surface area (Å²) in [6.45, 7) is 0. The second-order valence-corrected chi connectivity index (χ2v) is 6.03. The Morgan fingerprint density at radius 3 is 2.43 bits per heavy atom. The van der Waals surface area contributed by atoms with E-state index in [0.29, 0.717) is 10.2 Å². The second kappa shape index (κ2) is 6.27. The minimum Gasteiger partial charge on any atom is -0.294 e. The molecular formula is C14H8Br2F3NO. The van der Waals surface area contributed by atoms with E-state index in [1.165, 1.54) is 12.3 Å². The van der Waals surface area contributed by atoms with Crippen molar-refractivity contribution < 1.29 is 18.0 Å². The van der Waals surface area contributed by atoms with Crippen molar-refractivity contribution in [3.63, 3.8) is 0 Å². The number of aromatic nitrogens is 1. The molecule has 1 aromatic carbocycles. The van der Waals surface area contributed by atoms with Crippen LogP contribution in [-0.2, 0) is 12.6 Å². The van der Waals surface area contributed by atoms with E-state index in [1.54, 1.807) is 12.1 Å². The van der Waals surface area contributed by atoms with Gasteiger partial charge in [-0.1, -0.05) is 15.9 Å². The summed E-state index contributed by atoms with van der Waals surface area (Å²) in [4.78, 5) is 16.2. The molecule has 0 bridgehead atoms. The SMILES string of the molecule is O=C(Cc1ccc(Br)cn1)c1cc(C(F)(F)F)ccc1Br. The van der Waals surface area contributed by atoms with Gasteiger partial charge in [-0.15, -0.1) is 0 Å². The summed E-state index contributed by atoms with van der Waals surface area (Å²) >= 11 is 6.33. The normalized spacial score (nSPS) is 11.5. The van der Waals surface area contributed by atoms with Crippen molar-refractivity contribution in [2.24, 2.45) is 0 Å². The van der Waals surface area contributed by atoms with Crippen molar-refractivity contribution in [1.29, 1.82) is 0 Å². The molecule has 0 atom stereocenters. The highest BCUT2D eigenvalue weighted by atomic mass is 79.9. The lowest BCUT2D eigenvalue weighted by atomic mass is 10.0. The summed E-state index contributed by atoms with van der Waals surface area (Å²) in [5.74, 6) is -0.428. The molecule has 2 aromatic rings. The molecule has 0 amide bonds. The number of ketones is 1. The maximum absolute atomic E-state index is 12.7.